The Hall–Kier alpha value is -7.78. The van der Waals surface area contributed by atoms with Gasteiger partial charge in [-0.2, -0.15) is 25.3 Å². The Labute approximate surface area is 460 Å². The molecule has 2 aliphatic heterocycles. The number of aromatic amines is 1. The first-order chi connectivity index (χ1) is 37.5. The number of H-pyrrole nitrogens is 1. The number of anilines is 1. The third-order valence-electron chi connectivity index (χ3n) is 17.8. The number of fused-ring (bicyclic) bond motifs is 20. The summed E-state index contributed by atoms with van der Waals surface area (Å²) in [5.41, 5.74) is 28.4. The molecule has 0 saturated carbocycles. The van der Waals surface area contributed by atoms with Crippen LogP contribution in [-0.4, -0.2) is 38.4 Å². The molecule has 1 N–H and O–H groups in total. The third kappa shape index (κ3) is 6.11. The number of rotatable bonds is 7. The number of nitrogens with one attached hydrogen (secondary N) is 1. The molecular weight excluding hydrogens is 974 g/mol. The van der Waals surface area contributed by atoms with Crippen molar-refractivity contribution in [2.75, 3.05) is 18.2 Å². The van der Waals surface area contributed by atoms with E-state index in [0.29, 0.717) is 0 Å². The van der Waals surface area contributed by atoms with Crippen LogP contribution in [0, 0.1) is 13.8 Å². The van der Waals surface area contributed by atoms with E-state index in [-0.39, 0.29) is 6.71 Å². The Bertz CT molecular complexity index is 4820. The Balaban J connectivity index is 0.00000267. The molecule has 8 aromatic carbocycles. The minimum Gasteiger partial charge on any atom is -0.358 e. The molecule has 0 bridgehead atoms. The summed E-state index contributed by atoms with van der Waals surface area (Å²) in [6.45, 7) is 22.6. The molecule has 5 aromatic heterocycles. The van der Waals surface area contributed by atoms with Crippen LogP contribution in [0.4, 0.5) is 5.69 Å². The first-order valence-electron chi connectivity index (χ1n) is 27.0. The molecule has 0 aliphatic carbocycles. The second-order valence-corrected chi connectivity index (χ2v) is 22.9. The molecule has 5 nitrogen and oxygen atoms in total. The van der Waals surface area contributed by atoms with E-state index in [1.807, 2.05) is 12.2 Å². The van der Waals surface area contributed by atoms with Gasteiger partial charge in [0.1, 0.15) is 0 Å². The van der Waals surface area contributed by atoms with Crippen molar-refractivity contribution in [1.82, 2.24) is 18.4 Å². The van der Waals surface area contributed by atoms with E-state index in [4.69, 9.17) is 12.6 Å². The standard InChI is InChI=1S/C68H56BN5S.CH4S/c1-10-40(42-24-14-13-23-37(42)4)39(6)71(9)63-38(5)62-57(47-29-21-27-45-43-25-15-18-32-54(43)73(62)64(45)47)49-35-50-58-48-30-22-28-46-44-26-16-19-33-55(44)74(65(46)48)66(58)61-67-60(50)69(59(49)63)52-31-17-20-34-56(52)72(67)53(12-3)41(11-2)51(36-70-61)68(7,8)75;1-2/h11-34,36,70,75H,2-3,10,35H2,1,4-9H3;2H,1H3/b40-39+,51-36?,53-41?;. The molecule has 376 valence electrons. The van der Waals surface area contributed by atoms with Crippen LogP contribution in [0.5, 0.6) is 0 Å². The van der Waals surface area contributed by atoms with Crippen LogP contribution in [0.15, 0.2) is 159 Å². The zero-order chi connectivity index (χ0) is 53.1. The van der Waals surface area contributed by atoms with Crippen molar-refractivity contribution in [2.24, 2.45) is 0 Å². The van der Waals surface area contributed by atoms with Gasteiger partial charge in [-0.1, -0.05) is 141 Å². The summed E-state index contributed by atoms with van der Waals surface area (Å²) < 4.78 is 7.20. The average Bonchev–Trinajstić information content (AvgIpc) is 4.38. The molecule has 0 unspecified atom stereocenters. The molecule has 0 spiro atoms. The molecule has 0 saturated heterocycles. The Morgan fingerprint density at radius 3 is 1.86 bits per heavy atom. The highest BCUT2D eigenvalue weighted by molar-refractivity contribution is 7.81. The Morgan fingerprint density at radius 1 is 0.675 bits per heavy atom. The fourth-order valence-corrected chi connectivity index (χ4v) is 14.9. The minimum absolute atomic E-state index is 0.149. The van der Waals surface area contributed by atoms with Crippen molar-refractivity contribution < 1.29 is 0 Å². The lowest BCUT2D eigenvalue weighted by Crippen LogP contribution is -2.61. The first-order valence-corrected chi connectivity index (χ1v) is 28.3. The van der Waals surface area contributed by atoms with Gasteiger partial charge in [0.05, 0.1) is 49.8 Å². The van der Waals surface area contributed by atoms with E-state index in [2.05, 4.69) is 237 Å². The van der Waals surface area contributed by atoms with Gasteiger partial charge < -0.3 is 23.3 Å². The number of para-hydroxylation sites is 5. The number of thiol groups is 2. The highest BCUT2D eigenvalue weighted by Gasteiger charge is 2.45. The number of allylic oxidation sites excluding steroid dienone is 2. The minimum atomic E-state index is -0.529. The van der Waals surface area contributed by atoms with E-state index in [9.17, 15) is 0 Å². The topological polar surface area (TPSA) is 32.8 Å². The molecule has 13 aromatic rings. The smallest absolute Gasteiger partial charge is 0.250 e. The van der Waals surface area contributed by atoms with Crippen LogP contribution in [0.25, 0.3) is 111 Å². The number of hydrogen-bond acceptors (Lipinski definition) is 3. The van der Waals surface area contributed by atoms with Crippen LogP contribution in [0.1, 0.15) is 78.8 Å². The predicted molar refractivity (Wildman–Crippen MR) is 343 cm³/mol. The quantitative estimate of drug-likeness (QED) is 0.108. The maximum atomic E-state index is 5.31. The summed E-state index contributed by atoms with van der Waals surface area (Å²) in [5, 5.41) is 10.4. The van der Waals surface area contributed by atoms with Gasteiger partial charge in [-0.05, 0) is 133 Å². The van der Waals surface area contributed by atoms with Gasteiger partial charge in [-0.25, -0.2) is 0 Å². The van der Waals surface area contributed by atoms with Crippen molar-refractivity contribution in [3.8, 4) is 5.69 Å². The van der Waals surface area contributed by atoms with E-state index < -0.39 is 4.75 Å². The lowest BCUT2D eigenvalue weighted by molar-refractivity contribution is 0.783. The van der Waals surface area contributed by atoms with Gasteiger partial charge >= 0.3 is 0 Å². The lowest BCUT2D eigenvalue weighted by Gasteiger charge is -2.39. The van der Waals surface area contributed by atoms with Gasteiger partial charge in [0, 0.05) is 83.7 Å². The second-order valence-electron chi connectivity index (χ2n) is 21.8. The lowest BCUT2D eigenvalue weighted by atomic mass is 9.31. The van der Waals surface area contributed by atoms with Gasteiger partial charge in [0.2, 0.25) is 6.71 Å². The van der Waals surface area contributed by atoms with Crippen LogP contribution >= 0.6 is 25.3 Å². The maximum absolute atomic E-state index is 5.31. The maximum Gasteiger partial charge on any atom is 0.250 e. The summed E-state index contributed by atoms with van der Waals surface area (Å²) in [6.07, 6.45) is 9.60. The van der Waals surface area contributed by atoms with Gasteiger partial charge in [-0.15, -0.1) is 0 Å². The fourth-order valence-electron chi connectivity index (χ4n) is 14.8. The second kappa shape index (κ2) is 17.1. The van der Waals surface area contributed by atoms with Crippen LogP contribution < -0.4 is 21.3 Å². The number of benzene rings is 8. The zero-order valence-corrected chi connectivity index (χ0v) is 46.8. The zero-order valence-electron chi connectivity index (χ0n) is 45.0. The summed E-state index contributed by atoms with van der Waals surface area (Å²) >= 11 is 8.84. The fraction of sp³-hybridized carbons (Fsp3) is 0.159. The number of hydrogen-bond donors (Lipinski definition) is 3. The summed E-state index contributed by atoms with van der Waals surface area (Å²) in [5.74, 6) is 0. The molecular formula is C69H60BN5S2. The van der Waals surface area contributed by atoms with Gasteiger partial charge in [0.25, 0.3) is 0 Å². The van der Waals surface area contributed by atoms with Crippen molar-refractivity contribution in [3.05, 3.63) is 203 Å². The number of aryl methyl sites for hydroxylation is 2. The van der Waals surface area contributed by atoms with Crippen molar-refractivity contribution in [2.45, 2.75) is 59.1 Å². The molecule has 7 heterocycles. The summed E-state index contributed by atoms with van der Waals surface area (Å²) in [4.78, 5) is 6.71. The molecule has 0 radical (unpaired) electrons. The van der Waals surface area contributed by atoms with Gasteiger partial charge in [-0.3, -0.25) is 0 Å². The summed E-state index contributed by atoms with van der Waals surface area (Å²) in [6, 6.07) is 50.1. The van der Waals surface area contributed by atoms with Crippen LogP contribution in [-0.2, 0) is 11.2 Å². The average molecular weight is 1030 g/mol. The number of nitrogens with zero attached hydrogens (tertiary/aromatic N) is 4. The van der Waals surface area contributed by atoms with E-state index in [0.717, 1.165) is 46.4 Å². The summed E-state index contributed by atoms with van der Waals surface area (Å²) in [7, 11) is 2.34. The molecule has 15 rings (SSSR count). The highest BCUT2D eigenvalue weighted by atomic mass is 32.1. The molecule has 0 amide bonds. The first kappa shape index (κ1) is 47.7. The van der Waals surface area contributed by atoms with E-state index in [1.54, 1.807) is 6.26 Å². The molecule has 0 fully saturated rings. The monoisotopic (exact) mass is 1030 g/mol. The molecule has 2 aliphatic rings. The van der Waals surface area contributed by atoms with Crippen molar-refractivity contribution in [3.63, 3.8) is 0 Å². The van der Waals surface area contributed by atoms with Crippen LogP contribution in [0.3, 0.4) is 0 Å². The molecule has 77 heavy (non-hydrogen) atoms. The van der Waals surface area contributed by atoms with E-state index >= 15 is 0 Å². The molecule has 8 heteroatoms. The third-order valence-corrected chi connectivity index (χ3v) is 18.0. The normalized spacial score (nSPS) is 13.4. The van der Waals surface area contributed by atoms with E-state index in [1.165, 1.54) is 137 Å². The molecule has 0 atom stereocenters. The van der Waals surface area contributed by atoms with Crippen molar-refractivity contribution >= 4 is 159 Å². The predicted octanol–water partition coefficient (Wildman–Crippen LogP) is 16.0. The Morgan fingerprint density at radius 2 is 1.23 bits per heavy atom. The van der Waals surface area contributed by atoms with Crippen molar-refractivity contribution in [1.29, 1.82) is 0 Å². The van der Waals surface area contributed by atoms with Gasteiger partial charge in [0.15, 0.2) is 0 Å². The SMILES string of the molecule is C=Cc1c(C(C)(C)S)c[nH]c2c3c4c(c5c6cccc7c8ccccc8n(c76)c25)Cc2c(c(N(C)/C(C)=C(\CC)c5ccccc5C)c(C)c5c2c2cccc6c7ccccc7n5c62)B4c2ccccc2-n3c1C=C.CS. The highest BCUT2D eigenvalue weighted by Crippen LogP contribution is 2.49. The van der Waals surface area contributed by atoms with Crippen LogP contribution in [0.2, 0.25) is 0 Å². The Kier molecular flexibility index (Phi) is 10.6. The number of aromatic nitrogens is 4. The largest absolute Gasteiger partial charge is 0.358 e.